The van der Waals surface area contributed by atoms with Crippen molar-refractivity contribution in [3.05, 3.63) is 126 Å². The fourth-order valence-corrected chi connectivity index (χ4v) is 4.70. The zero-order chi connectivity index (χ0) is 26.1. The fraction of sp³-hybridized carbons (Fsp3) is 0.103. The van der Waals surface area contributed by atoms with E-state index >= 15 is 0 Å². The highest BCUT2D eigenvalue weighted by atomic mass is 32.2. The highest BCUT2D eigenvalue weighted by molar-refractivity contribution is 7.89. The first-order chi connectivity index (χ1) is 17.9. The van der Waals surface area contributed by atoms with Crippen molar-refractivity contribution >= 4 is 33.2 Å². The third kappa shape index (κ3) is 7.60. The number of hydrogen-bond acceptors (Lipinski definition) is 4. The molecule has 3 N–H and O–H groups in total. The second kappa shape index (κ2) is 12.1. The highest BCUT2D eigenvalue weighted by Crippen LogP contribution is 2.16. The molecule has 0 atom stereocenters. The molecule has 0 radical (unpaired) electrons. The SMILES string of the molecule is O=C(Cc1ccccc1)Nc1ccc(C(=O)Nc2ccc(S(=O)(=O)NCCc3ccccc3)cc2)cc1. The van der Waals surface area contributed by atoms with Gasteiger partial charge in [0.2, 0.25) is 15.9 Å². The van der Waals surface area contributed by atoms with Crippen molar-refractivity contribution in [3.63, 3.8) is 0 Å². The Morgan fingerprint density at radius 3 is 1.78 bits per heavy atom. The molecule has 0 aromatic heterocycles. The van der Waals surface area contributed by atoms with Gasteiger partial charge in [-0.15, -0.1) is 0 Å². The largest absolute Gasteiger partial charge is 0.326 e. The summed E-state index contributed by atoms with van der Waals surface area (Å²) in [5.74, 6) is -0.494. The van der Waals surface area contributed by atoms with Crippen molar-refractivity contribution in [1.29, 1.82) is 0 Å². The lowest BCUT2D eigenvalue weighted by Gasteiger charge is -2.10. The molecule has 8 heteroatoms. The zero-order valence-corrected chi connectivity index (χ0v) is 20.9. The Kier molecular flexibility index (Phi) is 8.45. The third-order valence-corrected chi connectivity index (χ3v) is 7.09. The number of anilines is 2. The maximum absolute atomic E-state index is 12.6. The summed E-state index contributed by atoms with van der Waals surface area (Å²) >= 11 is 0. The first-order valence-electron chi connectivity index (χ1n) is 11.8. The van der Waals surface area contributed by atoms with Crippen LogP contribution in [0, 0.1) is 0 Å². The van der Waals surface area contributed by atoms with Crippen molar-refractivity contribution in [2.45, 2.75) is 17.7 Å². The smallest absolute Gasteiger partial charge is 0.255 e. The van der Waals surface area contributed by atoms with E-state index in [0.29, 0.717) is 23.4 Å². The van der Waals surface area contributed by atoms with Crippen LogP contribution < -0.4 is 15.4 Å². The van der Waals surface area contributed by atoms with Crippen LogP contribution in [0.5, 0.6) is 0 Å². The van der Waals surface area contributed by atoms with Crippen LogP contribution in [0.1, 0.15) is 21.5 Å². The molecule has 7 nitrogen and oxygen atoms in total. The van der Waals surface area contributed by atoms with E-state index in [-0.39, 0.29) is 29.7 Å². The molecule has 0 spiro atoms. The molecule has 37 heavy (non-hydrogen) atoms. The lowest BCUT2D eigenvalue weighted by atomic mass is 10.1. The summed E-state index contributed by atoms with van der Waals surface area (Å²) in [6, 6.07) is 31.6. The monoisotopic (exact) mass is 513 g/mol. The molecule has 2 amide bonds. The summed E-state index contributed by atoms with van der Waals surface area (Å²) in [7, 11) is -3.66. The van der Waals surface area contributed by atoms with E-state index in [1.807, 2.05) is 60.7 Å². The van der Waals surface area contributed by atoms with E-state index in [9.17, 15) is 18.0 Å². The fourth-order valence-electron chi connectivity index (χ4n) is 3.67. The van der Waals surface area contributed by atoms with E-state index in [2.05, 4.69) is 15.4 Å². The molecule has 0 aliphatic rings. The highest BCUT2D eigenvalue weighted by Gasteiger charge is 2.14. The summed E-state index contributed by atoms with van der Waals surface area (Å²) in [6.45, 7) is 0.285. The molecule has 4 aromatic carbocycles. The maximum Gasteiger partial charge on any atom is 0.255 e. The lowest BCUT2D eigenvalue weighted by Crippen LogP contribution is -2.26. The van der Waals surface area contributed by atoms with Gasteiger partial charge in [0.05, 0.1) is 11.3 Å². The quantitative estimate of drug-likeness (QED) is 0.287. The molecule has 4 rings (SSSR count). The van der Waals surface area contributed by atoms with Crippen molar-refractivity contribution in [3.8, 4) is 0 Å². The van der Waals surface area contributed by atoms with Crippen LogP contribution in [0.3, 0.4) is 0 Å². The second-order valence-corrected chi connectivity index (χ2v) is 10.2. The molecular weight excluding hydrogens is 486 g/mol. The maximum atomic E-state index is 12.6. The van der Waals surface area contributed by atoms with Gasteiger partial charge in [0.15, 0.2) is 0 Å². The van der Waals surface area contributed by atoms with Crippen LogP contribution in [0.25, 0.3) is 0 Å². The van der Waals surface area contributed by atoms with Crippen LogP contribution in [0.15, 0.2) is 114 Å². The van der Waals surface area contributed by atoms with Gasteiger partial charge < -0.3 is 10.6 Å². The molecule has 4 aromatic rings. The molecule has 0 unspecified atom stereocenters. The van der Waals surface area contributed by atoms with Gasteiger partial charge in [0, 0.05) is 23.5 Å². The Balaban J connectivity index is 1.28. The van der Waals surface area contributed by atoms with Gasteiger partial charge in [0.25, 0.3) is 5.91 Å². The van der Waals surface area contributed by atoms with Gasteiger partial charge in [-0.05, 0) is 66.1 Å². The predicted molar refractivity (Wildman–Crippen MR) is 145 cm³/mol. The minimum Gasteiger partial charge on any atom is -0.326 e. The van der Waals surface area contributed by atoms with E-state index in [1.165, 1.54) is 12.1 Å². The number of carbonyl (C=O) groups is 2. The van der Waals surface area contributed by atoms with Crippen molar-refractivity contribution in [2.75, 3.05) is 17.2 Å². The van der Waals surface area contributed by atoms with Gasteiger partial charge >= 0.3 is 0 Å². The Bertz CT molecular complexity index is 1440. The van der Waals surface area contributed by atoms with Gasteiger partial charge in [0.1, 0.15) is 0 Å². The van der Waals surface area contributed by atoms with E-state index < -0.39 is 10.0 Å². The van der Waals surface area contributed by atoms with Crippen LogP contribution in [0.2, 0.25) is 0 Å². The van der Waals surface area contributed by atoms with Gasteiger partial charge in [-0.2, -0.15) is 0 Å². The van der Waals surface area contributed by atoms with Gasteiger partial charge in [-0.3, -0.25) is 9.59 Å². The summed E-state index contributed by atoms with van der Waals surface area (Å²) < 4.78 is 27.7. The van der Waals surface area contributed by atoms with Crippen LogP contribution in [-0.4, -0.2) is 26.8 Å². The molecule has 0 saturated carbocycles. The summed E-state index contributed by atoms with van der Waals surface area (Å²) in [4.78, 5) is 25.0. The summed E-state index contributed by atoms with van der Waals surface area (Å²) in [6.07, 6.45) is 0.848. The molecule has 0 bridgehead atoms. The molecular formula is C29H27N3O4S. The Morgan fingerprint density at radius 1 is 0.622 bits per heavy atom. The van der Waals surface area contributed by atoms with E-state index in [4.69, 9.17) is 0 Å². The predicted octanol–water partition coefficient (Wildman–Crippen LogP) is 4.64. The van der Waals surface area contributed by atoms with Crippen molar-refractivity contribution in [1.82, 2.24) is 4.72 Å². The number of hydrogen-bond donors (Lipinski definition) is 3. The molecule has 0 fully saturated rings. The standard InChI is InChI=1S/C29H27N3O4S/c33-28(21-23-9-5-2-6-10-23)31-25-13-11-24(12-14-25)29(34)32-26-15-17-27(18-16-26)37(35,36)30-20-19-22-7-3-1-4-8-22/h1-18,30H,19-21H2,(H,31,33)(H,32,34). The Labute approximate surface area is 216 Å². The molecule has 0 saturated heterocycles. The summed E-state index contributed by atoms with van der Waals surface area (Å²) in [5, 5.41) is 5.57. The van der Waals surface area contributed by atoms with Crippen molar-refractivity contribution in [2.24, 2.45) is 0 Å². The molecule has 0 aliphatic carbocycles. The minimum atomic E-state index is -3.66. The number of nitrogens with one attached hydrogen (secondary N) is 3. The molecule has 0 aliphatic heterocycles. The molecule has 188 valence electrons. The number of amides is 2. The Morgan fingerprint density at radius 2 is 1.16 bits per heavy atom. The number of rotatable bonds is 10. The average molecular weight is 514 g/mol. The van der Waals surface area contributed by atoms with Crippen LogP contribution in [0.4, 0.5) is 11.4 Å². The Hall–Kier alpha value is -4.27. The third-order valence-electron chi connectivity index (χ3n) is 5.61. The van der Waals surface area contributed by atoms with Crippen molar-refractivity contribution < 1.29 is 18.0 Å². The first-order valence-corrected chi connectivity index (χ1v) is 13.3. The normalized spacial score (nSPS) is 11.0. The number of sulfonamides is 1. The van der Waals surface area contributed by atoms with Crippen LogP contribution in [-0.2, 0) is 27.7 Å². The first kappa shape index (κ1) is 25.8. The van der Waals surface area contributed by atoms with E-state index in [1.54, 1.807) is 36.4 Å². The number of carbonyl (C=O) groups excluding carboxylic acids is 2. The molecule has 0 heterocycles. The van der Waals surface area contributed by atoms with Crippen LogP contribution >= 0.6 is 0 Å². The zero-order valence-electron chi connectivity index (χ0n) is 20.1. The lowest BCUT2D eigenvalue weighted by molar-refractivity contribution is -0.115. The average Bonchev–Trinajstić information content (AvgIpc) is 2.90. The topological polar surface area (TPSA) is 104 Å². The summed E-state index contributed by atoms with van der Waals surface area (Å²) in [5.41, 5.74) is 3.42. The second-order valence-electron chi connectivity index (χ2n) is 8.40. The minimum absolute atomic E-state index is 0.120. The van der Waals surface area contributed by atoms with Gasteiger partial charge in [-0.1, -0.05) is 60.7 Å². The number of benzene rings is 4. The van der Waals surface area contributed by atoms with E-state index in [0.717, 1.165) is 11.1 Å². The van der Waals surface area contributed by atoms with Gasteiger partial charge in [-0.25, -0.2) is 13.1 Å².